The minimum atomic E-state index is 0.163. The van der Waals surface area contributed by atoms with Gasteiger partial charge in [-0.15, -0.1) is 5.10 Å². The van der Waals surface area contributed by atoms with Crippen LogP contribution in [0.1, 0.15) is 17.8 Å². The monoisotopic (exact) mass is 346 g/mol. The lowest BCUT2D eigenvalue weighted by atomic mass is 9.98. The van der Waals surface area contributed by atoms with E-state index in [2.05, 4.69) is 27.3 Å². The van der Waals surface area contributed by atoms with Crippen LogP contribution in [-0.4, -0.2) is 51.9 Å². The van der Waals surface area contributed by atoms with Crippen molar-refractivity contribution in [3.8, 4) is 5.75 Å². The van der Waals surface area contributed by atoms with Crippen molar-refractivity contribution in [1.29, 1.82) is 0 Å². The maximum atomic E-state index is 12.3. The number of likely N-dealkylation sites (tertiary alicyclic amines) is 1. The summed E-state index contributed by atoms with van der Waals surface area (Å²) in [4.78, 5) is 18.5. The number of benzene rings is 1. The summed E-state index contributed by atoms with van der Waals surface area (Å²) in [5.74, 6) is 2.72. The van der Waals surface area contributed by atoms with E-state index in [4.69, 9.17) is 4.74 Å². The highest BCUT2D eigenvalue weighted by molar-refractivity contribution is 7.99. The lowest BCUT2D eigenvalue weighted by Crippen LogP contribution is -2.30. The van der Waals surface area contributed by atoms with Crippen LogP contribution in [0.3, 0.4) is 0 Å². The zero-order valence-electron chi connectivity index (χ0n) is 14.0. The molecule has 128 valence electrons. The Balaban J connectivity index is 1.48. The van der Waals surface area contributed by atoms with Crippen molar-refractivity contribution in [1.82, 2.24) is 20.1 Å². The molecule has 0 spiro atoms. The summed E-state index contributed by atoms with van der Waals surface area (Å²) in [6.45, 7) is 3.51. The maximum Gasteiger partial charge on any atom is 0.233 e. The Morgan fingerprint density at radius 1 is 1.50 bits per heavy atom. The zero-order chi connectivity index (χ0) is 16.9. The number of H-pyrrole nitrogens is 1. The number of nitrogens with one attached hydrogen (secondary N) is 1. The van der Waals surface area contributed by atoms with Crippen LogP contribution in [0.2, 0.25) is 0 Å². The summed E-state index contributed by atoms with van der Waals surface area (Å²) in [6.07, 6.45) is 2.03. The highest BCUT2D eigenvalue weighted by Gasteiger charge is 2.26. The van der Waals surface area contributed by atoms with Gasteiger partial charge in [0.25, 0.3) is 0 Å². The molecule has 0 aliphatic carbocycles. The van der Waals surface area contributed by atoms with Gasteiger partial charge in [0.05, 0.1) is 12.9 Å². The average Bonchev–Trinajstić information content (AvgIpc) is 3.22. The number of hydrogen-bond acceptors (Lipinski definition) is 5. The molecule has 0 saturated carbocycles. The minimum absolute atomic E-state index is 0.163. The molecule has 6 nitrogen and oxygen atoms in total. The van der Waals surface area contributed by atoms with Crippen molar-refractivity contribution in [2.75, 3.05) is 26.0 Å². The first-order chi connectivity index (χ1) is 11.6. The van der Waals surface area contributed by atoms with Crippen LogP contribution in [0.5, 0.6) is 5.75 Å². The fourth-order valence-electron chi connectivity index (χ4n) is 2.96. The fourth-order valence-corrected chi connectivity index (χ4v) is 3.71. The molecule has 1 N–H and O–H groups in total. The molecule has 1 atom stereocenters. The normalized spacial score (nSPS) is 17.2. The van der Waals surface area contributed by atoms with Crippen LogP contribution in [-0.2, 0) is 11.2 Å². The van der Waals surface area contributed by atoms with Crippen LogP contribution in [0.15, 0.2) is 29.4 Å². The van der Waals surface area contributed by atoms with E-state index in [-0.39, 0.29) is 5.91 Å². The van der Waals surface area contributed by atoms with Gasteiger partial charge in [-0.3, -0.25) is 9.89 Å². The quantitative estimate of drug-likeness (QED) is 0.813. The Kier molecular flexibility index (Phi) is 5.40. The first kappa shape index (κ1) is 16.8. The molecule has 1 amide bonds. The summed E-state index contributed by atoms with van der Waals surface area (Å²) in [5, 5.41) is 7.47. The smallest absolute Gasteiger partial charge is 0.233 e. The van der Waals surface area contributed by atoms with E-state index in [0.717, 1.165) is 37.5 Å². The third-order valence-corrected chi connectivity index (χ3v) is 5.03. The second kappa shape index (κ2) is 7.70. The van der Waals surface area contributed by atoms with Gasteiger partial charge >= 0.3 is 0 Å². The summed E-state index contributed by atoms with van der Waals surface area (Å²) >= 11 is 1.39. The Morgan fingerprint density at radius 2 is 2.38 bits per heavy atom. The van der Waals surface area contributed by atoms with Crippen LogP contribution < -0.4 is 4.74 Å². The molecule has 1 aliphatic heterocycles. The number of hydrogen-bond donors (Lipinski definition) is 1. The van der Waals surface area contributed by atoms with Gasteiger partial charge in [0.15, 0.2) is 0 Å². The molecular weight excluding hydrogens is 324 g/mol. The van der Waals surface area contributed by atoms with Crippen molar-refractivity contribution in [3.05, 3.63) is 35.7 Å². The first-order valence-electron chi connectivity index (χ1n) is 8.06. The predicted octanol–water partition coefficient (Wildman–Crippen LogP) is 2.31. The maximum absolute atomic E-state index is 12.3. The Morgan fingerprint density at radius 3 is 3.12 bits per heavy atom. The molecule has 7 heteroatoms. The van der Waals surface area contributed by atoms with Crippen molar-refractivity contribution < 1.29 is 9.53 Å². The Hall–Kier alpha value is -2.02. The SMILES string of the molecule is COc1cccc(CC2CCN(C(=O)CSc3n[nH]c(C)n3)C2)c1. The van der Waals surface area contributed by atoms with Crippen LogP contribution >= 0.6 is 11.8 Å². The molecular formula is C17H22N4O2S. The number of amides is 1. The number of aromatic nitrogens is 3. The van der Waals surface area contributed by atoms with Gasteiger partial charge in [-0.05, 0) is 43.4 Å². The summed E-state index contributed by atoms with van der Waals surface area (Å²) in [6, 6.07) is 8.16. The van der Waals surface area contributed by atoms with E-state index in [1.54, 1.807) is 7.11 Å². The van der Waals surface area contributed by atoms with E-state index in [1.165, 1.54) is 17.3 Å². The molecule has 1 aromatic carbocycles. The van der Waals surface area contributed by atoms with Crippen molar-refractivity contribution >= 4 is 17.7 Å². The molecule has 3 rings (SSSR count). The van der Waals surface area contributed by atoms with Crippen molar-refractivity contribution in [2.45, 2.75) is 24.9 Å². The van der Waals surface area contributed by atoms with Crippen molar-refractivity contribution in [3.63, 3.8) is 0 Å². The molecule has 24 heavy (non-hydrogen) atoms. The highest BCUT2D eigenvalue weighted by atomic mass is 32.2. The standard InChI is InChI=1S/C17H22N4O2S/c1-12-18-17(20-19-12)24-11-16(22)21-7-6-14(10-21)8-13-4-3-5-15(9-13)23-2/h3-5,9,14H,6-8,10-11H2,1-2H3,(H,18,19,20). The highest BCUT2D eigenvalue weighted by Crippen LogP contribution is 2.24. The molecule has 0 radical (unpaired) electrons. The van der Waals surface area contributed by atoms with E-state index >= 15 is 0 Å². The van der Waals surface area contributed by atoms with Crippen molar-refractivity contribution in [2.24, 2.45) is 5.92 Å². The molecule has 1 fully saturated rings. The lowest BCUT2D eigenvalue weighted by molar-refractivity contribution is -0.127. The Bertz CT molecular complexity index is 703. The van der Waals surface area contributed by atoms with Gasteiger partial charge in [0.2, 0.25) is 11.1 Å². The van der Waals surface area contributed by atoms with Crippen LogP contribution in [0, 0.1) is 12.8 Å². The van der Waals surface area contributed by atoms with Gasteiger partial charge < -0.3 is 9.64 Å². The number of thioether (sulfide) groups is 1. The fraction of sp³-hybridized carbons (Fsp3) is 0.471. The number of methoxy groups -OCH3 is 1. The molecule has 1 saturated heterocycles. The molecule has 2 aromatic rings. The van der Waals surface area contributed by atoms with Crippen LogP contribution in [0.25, 0.3) is 0 Å². The molecule has 1 aromatic heterocycles. The number of nitrogens with zero attached hydrogens (tertiary/aromatic N) is 3. The predicted molar refractivity (Wildman–Crippen MR) is 93.2 cm³/mol. The number of carbonyl (C=O) groups excluding carboxylic acids is 1. The average molecular weight is 346 g/mol. The Labute approximate surface area is 146 Å². The number of rotatable bonds is 6. The molecule has 1 unspecified atom stereocenters. The van der Waals surface area contributed by atoms with E-state index in [0.29, 0.717) is 16.8 Å². The van der Waals surface area contributed by atoms with Gasteiger partial charge in [0.1, 0.15) is 11.6 Å². The number of carbonyl (C=O) groups is 1. The summed E-state index contributed by atoms with van der Waals surface area (Å²) in [5.41, 5.74) is 1.26. The zero-order valence-corrected chi connectivity index (χ0v) is 14.8. The van der Waals surface area contributed by atoms with Crippen LogP contribution in [0.4, 0.5) is 0 Å². The lowest BCUT2D eigenvalue weighted by Gasteiger charge is -2.16. The molecule has 1 aliphatic rings. The third kappa shape index (κ3) is 4.29. The van der Waals surface area contributed by atoms with E-state index < -0.39 is 0 Å². The van der Waals surface area contributed by atoms with E-state index in [1.807, 2.05) is 24.0 Å². The largest absolute Gasteiger partial charge is 0.497 e. The molecule has 0 bridgehead atoms. The van der Waals surface area contributed by atoms with Gasteiger partial charge in [0, 0.05) is 13.1 Å². The second-order valence-corrected chi connectivity index (χ2v) is 6.98. The molecule has 2 heterocycles. The summed E-state index contributed by atoms with van der Waals surface area (Å²) in [7, 11) is 1.68. The second-order valence-electron chi connectivity index (χ2n) is 6.04. The minimum Gasteiger partial charge on any atom is -0.497 e. The third-order valence-electron chi connectivity index (χ3n) is 4.20. The van der Waals surface area contributed by atoms with E-state index in [9.17, 15) is 4.79 Å². The number of aryl methyl sites for hydroxylation is 1. The van der Waals surface area contributed by atoms with Gasteiger partial charge in [-0.25, -0.2) is 4.98 Å². The summed E-state index contributed by atoms with van der Waals surface area (Å²) < 4.78 is 5.27. The van der Waals surface area contributed by atoms with Gasteiger partial charge in [-0.2, -0.15) is 0 Å². The number of aromatic amines is 1. The number of ether oxygens (including phenoxy) is 1. The first-order valence-corrected chi connectivity index (χ1v) is 9.05. The van der Waals surface area contributed by atoms with Gasteiger partial charge in [-0.1, -0.05) is 23.9 Å². The topological polar surface area (TPSA) is 71.1 Å².